The van der Waals surface area contributed by atoms with E-state index in [0.29, 0.717) is 0 Å². The van der Waals surface area contributed by atoms with Crippen molar-refractivity contribution in [3.8, 4) is 0 Å². The third-order valence-electron chi connectivity index (χ3n) is 5.23. The fourth-order valence-corrected chi connectivity index (χ4v) is 9.32. The van der Waals surface area contributed by atoms with Gasteiger partial charge in [0.25, 0.3) is 0 Å². The molecule has 0 aromatic rings. The van der Waals surface area contributed by atoms with E-state index in [1.165, 1.54) is 0 Å². The van der Waals surface area contributed by atoms with Gasteiger partial charge in [0, 0.05) is 11.8 Å². The first-order valence-corrected chi connectivity index (χ1v) is 8.12. The summed E-state index contributed by atoms with van der Waals surface area (Å²) in [5.74, 6) is -1.80. The van der Waals surface area contributed by atoms with Gasteiger partial charge in [0.05, 0.1) is 21.5 Å². The van der Waals surface area contributed by atoms with Gasteiger partial charge in [-0.25, -0.2) is 0 Å². The van der Waals surface area contributed by atoms with Crippen molar-refractivity contribution in [1.29, 1.82) is 0 Å². The largest absolute Gasteiger partial charge is 0.299 e. The lowest BCUT2D eigenvalue weighted by Gasteiger charge is -2.50. The third-order valence-corrected chi connectivity index (χ3v) is 10.7. The molecule has 0 N–H and O–H groups in total. The summed E-state index contributed by atoms with van der Waals surface area (Å²) in [7, 11) is 0. The molecule has 0 radical (unpaired) electrons. The van der Waals surface area contributed by atoms with E-state index in [0.717, 1.165) is 0 Å². The quantitative estimate of drug-likeness (QED) is 0.577. The number of carbonyl (C=O) groups is 1. The zero-order valence-electron chi connectivity index (χ0n) is 8.44. The van der Waals surface area contributed by atoms with Crippen molar-refractivity contribution in [3.63, 3.8) is 0 Å². The van der Waals surface area contributed by atoms with Crippen LogP contribution in [0.3, 0.4) is 0 Å². The van der Waals surface area contributed by atoms with E-state index in [4.69, 9.17) is 81.2 Å². The molecule has 8 heteroatoms. The molecule has 0 aliphatic heterocycles. The second-order valence-corrected chi connectivity index (χ2v) is 9.63. The second kappa shape index (κ2) is 3.07. The highest BCUT2D eigenvalue weighted by Gasteiger charge is 3.01. The Kier molecular flexibility index (Phi) is 2.28. The lowest BCUT2D eigenvalue weighted by Crippen LogP contribution is -2.64. The molecule has 4 aliphatic rings. The van der Waals surface area contributed by atoms with Gasteiger partial charge in [-0.1, -0.05) is 23.2 Å². The topological polar surface area (TPSA) is 17.1 Å². The Labute approximate surface area is 138 Å². The number of alkyl halides is 7. The molecule has 0 aromatic carbocycles. The highest BCUT2D eigenvalue weighted by molar-refractivity contribution is 6.65. The molecule has 4 saturated carbocycles. The molecule has 4 rings (SSSR count). The van der Waals surface area contributed by atoms with Gasteiger partial charge in [0.1, 0.15) is 15.5 Å². The maximum absolute atomic E-state index is 12.4. The summed E-state index contributed by atoms with van der Waals surface area (Å²) in [6.45, 7) is 0. The van der Waals surface area contributed by atoms with Crippen LogP contribution in [0.2, 0.25) is 0 Å². The van der Waals surface area contributed by atoms with Gasteiger partial charge < -0.3 is 0 Å². The molecular formula is C10H5Cl7O. The Morgan fingerprint density at radius 1 is 0.889 bits per heavy atom. The Balaban J connectivity index is 2.14. The first kappa shape index (κ1) is 13.4. The van der Waals surface area contributed by atoms with E-state index in [9.17, 15) is 4.79 Å². The van der Waals surface area contributed by atoms with Crippen LogP contribution in [-0.2, 0) is 4.79 Å². The van der Waals surface area contributed by atoms with E-state index in [-0.39, 0.29) is 5.78 Å². The molecule has 18 heavy (non-hydrogen) atoms. The molecular weight excluding hydrogens is 384 g/mol. The Morgan fingerprint density at radius 3 is 2.00 bits per heavy atom. The number of fused-ring (bicyclic) bond motifs is 4. The summed E-state index contributed by atoms with van der Waals surface area (Å²) in [5, 5.41) is -1.31. The Bertz CT molecular complexity index is 508. The van der Waals surface area contributed by atoms with Crippen LogP contribution in [0.15, 0.2) is 0 Å². The predicted molar refractivity (Wildman–Crippen MR) is 74.9 cm³/mol. The number of ketones is 1. The number of hydrogen-bond acceptors (Lipinski definition) is 1. The zero-order valence-corrected chi connectivity index (χ0v) is 13.7. The van der Waals surface area contributed by atoms with Gasteiger partial charge in [0.2, 0.25) is 0 Å². The molecule has 4 bridgehead atoms. The minimum absolute atomic E-state index is 0.110. The number of halogens is 7. The van der Waals surface area contributed by atoms with Crippen LogP contribution < -0.4 is 0 Å². The van der Waals surface area contributed by atoms with Crippen LogP contribution in [0, 0.1) is 17.8 Å². The smallest absolute Gasteiger partial charge is 0.160 e. The second-order valence-electron chi connectivity index (χ2n) is 5.51. The summed E-state index contributed by atoms with van der Waals surface area (Å²) >= 11 is 45.3. The van der Waals surface area contributed by atoms with Gasteiger partial charge >= 0.3 is 0 Å². The normalized spacial score (nSPS) is 70.6. The van der Waals surface area contributed by atoms with Gasteiger partial charge in [-0.3, -0.25) is 4.79 Å². The number of rotatable bonds is 0. The van der Waals surface area contributed by atoms with E-state index >= 15 is 0 Å². The minimum atomic E-state index is -1.58. The average molecular weight is 389 g/mol. The summed E-state index contributed by atoms with van der Waals surface area (Å²) in [6, 6.07) is 0. The molecule has 4 fully saturated rings. The molecule has 4 aliphatic carbocycles. The molecule has 2 unspecified atom stereocenters. The predicted octanol–water partition coefficient (Wildman–Crippen LogP) is 3.78. The highest BCUT2D eigenvalue weighted by Crippen LogP contribution is 2.88. The van der Waals surface area contributed by atoms with E-state index < -0.39 is 47.5 Å². The lowest BCUT2D eigenvalue weighted by molar-refractivity contribution is -0.121. The minimum Gasteiger partial charge on any atom is -0.299 e. The molecule has 1 nitrogen and oxygen atoms in total. The Hall–Kier alpha value is 1.70. The molecule has 0 amide bonds. The summed E-state index contributed by atoms with van der Waals surface area (Å²) in [4.78, 5) is 8.46. The van der Waals surface area contributed by atoms with Crippen LogP contribution in [0.25, 0.3) is 0 Å². The number of carbonyl (C=O) groups excluding carboxylic acids is 1. The first-order chi connectivity index (χ1) is 8.09. The van der Waals surface area contributed by atoms with Crippen molar-refractivity contribution in [2.45, 2.75) is 29.7 Å². The van der Waals surface area contributed by atoms with Crippen molar-refractivity contribution in [3.05, 3.63) is 0 Å². The van der Waals surface area contributed by atoms with E-state index in [1.54, 1.807) is 0 Å². The fourth-order valence-electron chi connectivity index (χ4n) is 4.64. The molecule has 0 aromatic heterocycles. The molecule has 0 saturated heterocycles. The van der Waals surface area contributed by atoms with E-state index in [2.05, 4.69) is 0 Å². The van der Waals surface area contributed by atoms with Gasteiger partial charge in [-0.05, 0) is 0 Å². The average Bonchev–Trinajstić information content (AvgIpc) is 2.69. The third kappa shape index (κ3) is 0.797. The zero-order chi connectivity index (χ0) is 13.5. The van der Waals surface area contributed by atoms with Crippen molar-refractivity contribution < 1.29 is 4.79 Å². The van der Waals surface area contributed by atoms with Crippen LogP contribution in [0.1, 0.15) is 0 Å². The molecule has 0 spiro atoms. The van der Waals surface area contributed by atoms with Crippen LogP contribution in [0.4, 0.5) is 0 Å². The van der Waals surface area contributed by atoms with Crippen LogP contribution in [-0.4, -0.2) is 35.5 Å². The van der Waals surface area contributed by atoms with Crippen LogP contribution in [0.5, 0.6) is 0 Å². The van der Waals surface area contributed by atoms with Crippen molar-refractivity contribution in [1.82, 2.24) is 0 Å². The molecule has 100 valence electrons. The SMILES string of the molecule is O=C1[C@@H]2C(Cl)[C@@H]3[C@H]1[C@@]1(Cl)C(Cl)(Cl)[C@@]3(Cl)C(Cl)[C@]21Cl. The number of hydrogen-bond donors (Lipinski definition) is 0. The highest BCUT2D eigenvalue weighted by atomic mass is 35.5. The monoisotopic (exact) mass is 386 g/mol. The van der Waals surface area contributed by atoms with Gasteiger partial charge in [-0.2, -0.15) is 0 Å². The Morgan fingerprint density at radius 2 is 1.44 bits per heavy atom. The molecule has 0 heterocycles. The summed E-state index contributed by atoms with van der Waals surface area (Å²) in [5.41, 5.74) is 0. The maximum Gasteiger partial charge on any atom is 0.160 e. The van der Waals surface area contributed by atoms with Gasteiger partial charge in [0.15, 0.2) is 4.33 Å². The first-order valence-electron chi connectivity index (χ1n) is 5.36. The maximum atomic E-state index is 12.4. The van der Waals surface area contributed by atoms with Crippen molar-refractivity contribution in [2.24, 2.45) is 17.8 Å². The summed E-state index contributed by atoms with van der Waals surface area (Å²) < 4.78 is -1.58. The van der Waals surface area contributed by atoms with Crippen molar-refractivity contribution in [2.75, 3.05) is 0 Å². The van der Waals surface area contributed by atoms with Crippen molar-refractivity contribution >= 4 is 87.0 Å². The molecule has 8 atom stereocenters. The van der Waals surface area contributed by atoms with Crippen LogP contribution >= 0.6 is 81.2 Å². The van der Waals surface area contributed by atoms with Gasteiger partial charge in [-0.15, -0.1) is 58.0 Å². The van der Waals surface area contributed by atoms with E-state index in [1.807, 2.05) is 0 Å². The lowest BCUT2D eigenvalue weighted by atomic mass is 9.69. The summed E-state index contributed by atoms with van der Waals surface area (Å²) in [6.07, 6.45) is 0. The standard InChI is InChI=1S/C10H5Cl7O/c11-4-1-2-5(18)3(4)7(13)6(12)8(1,14)10(16,17)9(2,7)15/h1-4,6H/t1-,2+,3-,4?,6?,7+,8-,9-/m0/s1. The fraction of sp³-hybridized carbons (Fsp3) is 0.900. The number of Topliss-reactive ketones (excluding diaryl/α,β-unsaturated/α-hetero) is 1.